The third-order valence-corrected chi connectivity index (χ3v) is 15.1. The van der Waals surface area contributed by atoms with E-state index in [1.807, 2.05) is 19.1 Å². The molecule has 16 nitrogen and oxygen atoms in total. The number of alkyl halides is 3. The molecule has 63 heavy (non-hydrogen) atoms. The van der Waals surface area contributed by atoms with Gasteiger partial charge in [-0.2, -0.15) is 13.2 Å². The molecule has 20 heteroatoms. The molecule has 4 heterocycles. The standard InChI is InChI=1S/C43H54F3N7O9S/c1-7-26-18-25(2)10-8-9-11-27-22-42(27,38(56)51-63(58,59)41(5)14-15-41)50-36(54)33-20-29(23-53(33)37(55)35(26)49-39(57)62-40(3,4)43(44,45)46)61-34-21-32(52-17-16-47-24-52)30-13-12-28(60-6)19-31(30)48-34/h9,11-13,16-17,19,21,24-27,29,33,35H,7-8,10,14-15,18,20,22-23H2,1-6H3,(H,49,57)(H,50,54)(H,51,56). The highest BCUT2D eigenvalue weighted by Crippen LogP contribution is 2.48. The number of hydrogen-bond donors (Lipinski definition) is 3. The van der Waals surface area contributed by atoms with Crippen molar-refractivity contribution >= 4 is 44.7 Å². The predicted octanol–water partition coefficient (Wildman–Crippen LogP) is 5.49. The molecule has 7 atom stereocenters. The maximum atomic E-state index is 15.0. The number of hydrogen-bond acceptors (Lipinski definition) is 11. The van der Waals surface area contributed by atoms with Gasteiger partial charge in [0.1, 0.15) is 29.5 Å². The predicted molar refractivity (Wildman–Crippen MR) is 223 cm³/mol. The molecule has 3 N–H and O–H groups in total. The van der Waals surface area contributed by atoms with Crippen molar-refractivity contribution in [1.82, 2.24) is 34.8 Å². The molecule has 1 saturated heterocycles. The molecule has 4 amide bonds. The molecule has 0 spiro atoms. The van der Waals surface area contributed by atoms with Gasteiger partial charge in [0.2, 0.25) is 33.3 Å². The lowest BCUT2D eigenvalue weighted by molar-refractivity contribution is -0.244. The Morgan fingerprint density at radius 3 is 2.51 bits per heavy atom. The second-order valence-electron chi connectivity index (χ2n) is 18.0. The molecule has 1 aromatic carbocycles. The number of ether oxygens (including phenoxy) is 3. The van der Waals surface area contributed by atoms with Crippen molar-refractivity contribution in [2.75, 3.05) is 13.7 Å². The molecular weight excluding hydrogens is 848 g/mol. The van der Waals surface area contributed by atoms with Crippen LogP contribution in [0, 0.1) is 17.8 Å². The first-order chi connectivity index (χ1) is 29.6. The third-order valence-electron chi connectivity index (χ3n) is 13.0. The van der Waals surface area contributed by atoms with E-state index in [1.165, 1.54) is 18.9 Å². The fraction of sp³-hybridized carbons (Fsp3) is 0.581. The lowest BCUT2D eigenvalue weighted by atomic mass is 9.85. The van der Waals surface area contributed by atoms with E-state index < -0.39 is 85.9 Å². The maximum Gasteiger partial charge on any atom is 0.427 e. The monoisotopic (exact) mass is 901 g/mol. The lowest BCUT2D eigenvalue weighted by Crippen LogP contribution is -2.60. The highest BCUT2D eigenvalue weighted by Gasteiger charge is 2.63. The summed E-state index contributed by atoms with van der Waals surface area (Å²) < 4.78 is 87.8. The number of methoxy groups -OCH3 is 1. The van der Waals surface area contributed by atoms with Gasteiger partial charge >= 0.3 is 12.3 Å². The van der Waals surface area contributed by atoms with Crippen LogP contribution in [-0.4, -0.2) is 106 Å². The van der Waals surface area contributed by atoms with E-state index in [4.69, 9.17) is 19.2 Å². The van der Waals surface area contributed by atoms with Crippen molar-refractivity contribution < 1.29 is 55.0 Å². The number of pyridine rings is 1. The summed E-state index contributed by atoms with van der Waals surface area (Å²) in [6.07, 6.45) is 3.82. The average molecular weight is 902 g/mol. The molecule has 2 aliphatic heterocycles. The van der Waals surface area contributed by atoms with Crippen molar-refractivity contribution in [2.24, 2.45) is 17.8 Å². The van der Waals surface area contributed by atoms with Gasteiger partial charge in [-0.05, 0) is 83.3 Å². The van der Waals surface area contributed by atoms with Gasteiger partial charge in [0.25, 0.3) is 5.91 Å². The van der Waals surface area contributed by atoms with E-state index in [0.29, 0.717) is 69.3 Å². The van der Waals surface area contributed by atoms with Gasteiger partial charge in [-0.3, -0.25) is 19.1 Å². The highest BCUT2D eigenvalue weighted by atomic mass is 32.2. The van der Waals surface area contributed by atoms with Crippen LogP contribution in [0.4, 0.5) is 18.0 Å². The summed E-state index contributed by atoms with van der Waals surface area (Å²) in [4.78, 5) is 67.2. The minimum Gasteiger partial charge on any atom is -0.497 e. The molecular formula is C43H54F3N7O9S. The van der Waals surface area contributed by atoms with Crippen LogP contribution in [0.25, 0.3) is 16.6 Å². The van der Waals surface area contributed by atoms with Crippen LogP contribution in [0.5, 0.6) is 11.6 Å². The maximum absolute atomic E-state index is 15.0. The Bertz CT molecular complexity index is 2390. The number of halogens is 3. The first-order valence-corrected chi connectivity index (χ1v) is 22.6. The van der Waals surface area contributed by atoms with Gasteiger partial charge in [-0.25, -0.2) is 23.2 Å². The van der Waals surface area contributed by atoms with E-state index >= 15 is 4.79 Å². The normalized spacial score (nSPS) is 27.5. The number of rotatable bonds is 10. The number of benzene rings is 1. The zero-order chi connectivity index (χ0) is 45.7. The number of amides is 4. The quantitative estimate of drug-likeness (QED) is 0.218. The smallest absolute Gasteiger partial charge is 0.427 e. The number of alkyl carbamates (subject to hydrolysis) is 1. The summed E-state index contributed by atoms with van der Waals surface area (Å²) >= 11 is 0. The molecule has 342 valence electrons. The Labute approximate surface area is 363 Å². The number of allylic oxidation sites excluding steroid dienone is 1. The first-order valence-electron chi connectivity index (χ1n) is 21.2. The van der Waals surface area contributed by atoms with Gasteiger partial charge in [0.15, 0.2) is 0 Å². The number of nitrogens with zero attached hydrogens (tertiary/aromatic N) is 4. The molecule has 2 aliphatic carbocycles. The Balaban J connectivity index is 1.26. The molecule has 7 unspecified atom stereocenters. The van der Waals surface area contributed by atoms with Crippen molar-refractivity contribution in [1.29, 1.82) is 0 Å². The second-order valence-corrected chi connectivity index (χ2v) is 20.2. The van der Waals surface area contributed by atoms with E-state index in [2.05, 4.69) is 20.3 Å². The molecule has 2 aromatic heterocycles. The molecule has 0 radical (unpaired) electrons. The van der Waals surface area contributed by atoms with Gasteiger partial charge in [-0.15, -0.1) is 0 Å². The van der Waals surface area contributed by atoms with E-state index in [-0.39, 0.29) is 31.2 Å². The average Bonchev–Trinajstić information content (AvgIpc) is 3.97. The summed E-state index contributed by atoms with van der Waals surface area (Å²) in [5.41, 5.74) is -3.42. The van der Waals surface area contributed by atoms with Gasteiger partial charge < -0.3 is 34.3 Å². The molecule has 2 saturated carbocycles. The Kier molecular flexibility index (Phi) is 12.3. The molecule has 3 aromatic rings. The topological polar surface area (TPSA) is 200 Å². The Morgan fingerprint density at radius 2 is 1.86 bits per heavy atom. The Hall–Kier alpha value is -5.40. The number of aromatic nitrogens is 3. The zero-order valence-electron chi connectivity index (χ0n) is 36.0. The van der Waals surface area contributed by atoms with Crippen LogP contribution in [0.3, 0.4) is 0 Å². The number of fused-ring (bicyclic) bond motifs is 3. The van der Waals surface area contributed by atoms with Crippen LogP contribution >= 0.6 is 0 Å². The summed E-state index contributed by atoms with van der Waals surface area (Å²) in [6, 6.07) is 4.20. The summed E-state index contributed by atoms with van der Waals surface area (Å²) in [6.45, 7) is 6.44. The van der Waals surface area contributed by atoms with Crippen LogP contribution in [0.1, 0.15) is 86.0 Å². The van der Waals surface area contributed by atoms with E-state index in [1.54, 1.807) is 54.5 Å². The SMILES string of the molecule is CCC1CC(C)CCC=CC2CC2(C(=O)NS(=O)(=O)C2(C)CC2)NC(=O)C2CC(Oc3cc(-n4ccnc4)c4ccc(OC)cc4n3)CN2C(=O)C1NC(=O)OC(C)(C)C(F)(F)F. The van der Waals surface area contributed by atoms with Crippen molar-refractivity contribution in [3.63, 3.8) is 0 Å². The third kappa shape index (κ3) is 9.31. The molecule has 3 fully saturated rings. The van der Waals surface area contributed by atoms with E-state index in [9.17, 15) is 36.0 Å². The van der Waals surface area contributed by atoms with Gasteiger partial charge in [0.05, 0.1) is 35.9 Å². The summed E-state index contributed by atoms with van der Waals surface area (Å²) in [7, 11) is -2.58. The number of imidazole rings is 1. The van der Waals surface area contributed by atoms with Crippen LogP contribution < -0.4 is 24.8 Å². The molecule has 0 bridgehead atoms. The molecule has 7 rings (SSSR count). The number of carbonyl (C=O) groups is 4. The fourth-order valence-electron chi connectivity index (χ4n) is 8.40. The highest BCUT2D eigenvalue weighted by molar-refractivity contribution is 7.91. The van der Waals surface area contributed by atoms with Crippen molar-refractivity contribution in [3.8, 4) is 17.3 Å². The van der Waals surface area contributed by atoms with Crippen LogP contribution in [-0.2, 0) is 29.1 Å². The number of sulfonamides is 1. The van der Waals surface area contributed by atoms with Crippen molar-refractivity contribution in [2.45, 2.75) is 126 Å². The Morgan fingerprint density at radius 1 is 1.11 bits per heavy atom. The molecule has 4 aliphatic rings. The second kappa shape index (κ2) is 17.0. The van der Waals surface area contributed by atoms with Crippen molar-refractivity contribution in [3.05, 3.63) is 55.1 Å². The minimum atomic E-state index is -4.93. The number of carbonyl (C=O) groups excluding carboxylic acids is 4. The first kappa shape index (κ1) is 45.6. The number of nitrogens with one attached hydrogen (secondary N) is 3. The largest absolute Gasteiger partial charge is 0.497 e. The zero-order valence-corrected chi connectivity index (χ0v) is 36.8. The fourth-order valence-corrected chi connectivity index (χ4v) is 9.71. The van der Waals surface area contributed by atoms with E-state index in [0.717, 1.165) is 5.39 Å². The van der Waals surface area contributed by atoms with Crippen LogP contribution in [0.15, 0.2) is 55.1 Å². The lowest BCUT2D eigenvalue weighted by Gasteiger charge is -2.35. The minimum absolute atomic E-state index is 0.0475. The van der Waals surface area contributed by atoms with Crippen LogP contribution in [0.2, 0.25) is 0 Å². The van der Waals surface area contributed by atoms with Gasteiger partial charge in [0, 0.05) is 42.3 Å². The van der Waals surface area contributed by atoms with Gasteiger partial charge in [-0.1, -0.05) is 32.4 Å². The summed E-state index contributed by atoms with van der Waals surface area (Å²) in [5.74, 6) is -3.04. The summed E-state index contributed by atoms with van der Waals surface area (Å²) in [5, 5.41) is 5.99.